The Bertz CT molecular complexity index is 534. The van der Waals surface area contributed by atoms with E-state index >= 15 is 0 Å². The van der Waals surface area contributed by atoms with E-state index in [1.807, 2.05) is 13.8 Å². The largest absolute Gasteiger partial charge is 0.383 e. The second-order valence-electron chi connectivity index (χ2n) is 2.74. The summed E-state index contributed by atoms with van der Waals surface area (Å²) in [5.41, 5.74) is 1.25. The maximum Gasteiger partial charge on any atom is 0.367 e. The van der Waals surface area contributed by atoms with Gasteiger partial charge in [-0.25, -0.2) is 19.6 Å². The van der Waals surface area contributed by atoms with Crippen molar-refractivity contribution in [3.05, 3.63) is 22.1 Å². The first kappa shape index (κ1) is 13.2. The molecule has 0 N–H and O–H groups in total. The van der Waals surface area contributed by atoms with E-state index < -0.39 is 11.9 Å². The van der Waals surface area contributed by atoms with Gasteiger partial charge in [-0.15, -0.1) is 11.3 Å². The van der Waals surface area contributed by atoms with Gasteiger partial charge in [-0.2, -0.15) is 0 Å². The van der Waals surface area contributed by atoms with Crippen molar-refractivity contribution in [3.8, 4) is 0 Å². The maximum atomic E-state index is 11.1. The van der Waals surface area contributed by atoms with Crippen LogP contribution in [0, 0.1) is 0 Å². The molecule has 2 aromatic heterocycles. The number of halogens is 1. The normalized spacial score (nSPS) is 12.4. The number of carbonyl (C=O) groups excluding carboxylic acids is 2. The van der Waals surface area contributed by atoms with Crippen LogP contribution in [0.1, 0.15) is 34.8 Å². The third-order valence-corrected chi connectivity index (χ3v) is 2.60. The number of aromatic nitrogens is 2. The Kier molecular flexibility index (Phi) is 3.84. The number of carbonyl (C=O) groups is 2. The Morgan fingerprint density at radius 3 is 1.82 bits per heavy atom. The van der Waals surface area contributed by atoms with Gasteiger partial charge < -0.3 is 4.74 Å². The molecule has 0 aromatic carbocycles. The van der Waals surface area contributed by atoms with Gasteiger partial charge in [-0.05, 0) is 0 Å². The zero-order valence-electron chi connectivity index (χ0n) is 9.09. The maximum absolute atomic E-state index is 11.1. The molecule has 0 amide bonds. The molecule has 1 aliphatic rings. The molecule has 2 aromatic rings. The van der Waals surface area contributed by atoms with E-state index in [-0.39, 0.29) is 16.1 Å². The molecule has 0 saturated heterocycles. The predicted molar refractivity (Wildman–Crippen MR) is 61.0 cm³/mol. The van der Waals surface area contributed by atoms with Crippen LogP contribution < -0.4 is 0 Å². The van der Waals surface area contributed by atoms with E-state index in [1.165, 1.54) is 11.3 Å². The lowest BCUT2D eigenvalue weighted by Crippen LogP contribution is -1.98. The first-order chi connectivity index (χ1) is 7.75. The fourth-order valence-electron chi connectivity index (χ4n) is 1.26. The van der Waals surface area contributed by atoms with Crippen molar-refractivity contribution >= 4 is 34.3 Å². The number of hydrogen-bond donors (Lipinski definition) is 0. The summed E-state index contributed by atoms with van der Waals surface area (Å²) >= 11 is 1.42. The van der Waals surface area contributed by atoms with E-state index in [9.17, 15) is 9.59 Å². The number of cyclic esters (lactones) is 2. The van der Waals surface area contributed by atoms with Crippen molar-refractivity contribution in [1.29, 1.82) is 0 Å². The predicted octanol–water partition coefficient (Wildman–Crippen LogP) is 2.18. The summed E-state index contributed by atoms with van der Waals surface area (Å²) in [6, 6.07) is 0. The van der Waals surface area contributed by atoms with Crippen molar-refractivity contribution in [1.82, 2.24) is 9.97 Å². The van der Waals surface area contributed by atoms with E-state index in [1.54, 1.807) is 10.8 Å². The molecule has 0 aliphatic carbocycles. The second kappa shape index (κ2) is 4.96. The van der Waals surface area contributed by atoms with Crippen molar-refractivity contribution in [2.75, 3.05) is 0 Å². The molecule has 0 saturated carbocycles. The topological polar surface area (TPSA) is 69.2 Å². The van der Waals surface area contributed by atoms with E-state index in [4.69, 9.17) is 0 Å². The van der Waals surface area contributed by atoms with Crippen molar-refractivity contribution < 1.29 is 19.0 Å². The molecule has 1 aliphatic heterocycles. The van der Waals surface area contributed by atoms with Gasteiger partial charge in [0.2, 0.25) is 0 Å². The van der Waals surface area contributed by atoms with Gasteiger partial charge in [-0.3, -0.25) is 4.70 Å². The van der Waals surface area contributed by atoms with Gasteiger partial charge in [0.1, 0.15) is 11.0 Å². The van der Waals surface area contributed by atoms with Crippen LogP contribution in [0.3, 0.4) is 0 Å². The van der Waals surface area contributed by atoms with Crippen molar-refractivity contribution in [2.45, 2.75) is 13.8 Å². The highest BCUT2D eigenvalue weighted by molar-refractivity contribution is 7.09. The van der Waals surface area contributed by atoms with Crippen LogP contribution in [0.25, 0.3) is 11.0 Å². The first-order valence-electron chi connectivity index (χ1n) is 4.76. The molecule has 7 heteroatoms. The van der Waals surface area contributed by atoms with Crippen LogP contribution in [0.15, 0.2) is 10.8 Å². The number of nitrogens with zero attached hydrogens (tertiary/aromatic N) is 2. The molecule has 0 radical (unpaired) electrons. The van der Waals surface area contributed by atoms with Crippen LogP contribution in [0.4, 0.5) is 4.70 Å². The van der Waals surface area contributed by atoms with E-state index in [0.717, 1.165) is 0 Å². The Morgan fingerprint density at radius 2 is 1.41 bits per heavy atom. The minimum atomic E-state index is -0.717. The summed E-state index contributed by atoms with van der Waals surface area (Å²) in [5.74, 6) is -1.43. The highest BCUT2D eigenvalue weighted by Crippen LogP contribution is 2.21. The molecule has 0 spiro atoms. The molecule has 3 heterocycles. The number of hydrogen-bond acceptors (Lipinski definition) is 6. The third-order valence-electron chi connectivity index (χ3n) is 1.88. The molecule has 5 nitrogen and oxygen atoms in total. The van der Waals surface area contributed by atoms with Crippen LogP contribution in [0.2, 0.25) is 0 Å². The number of fused-ring (bicyclic) bond motifs is 2. The number of rotatable bonds is 0. The van der Waals surface area contributed by atoms with Gasteiger partial charge in [0.25, 0.3) is 0 Å². The monoisotopic (exact) mass is 256 g/mol. The van der Waals surface area contributed by atoms with Gasteiger partial charge in [0, 0.05) is 10.8 Å². The van der Waals surface area contributed by atoms with E-state index in [0.29, 0.717) is 11.0 Å². The fraction of sp³-hybridized carbons (Fsp3) is 0.200. The third kappa shape index (κ3) is 2.01. The molecule has 17 heavy (non-hydrogen) atoms. The molecule has 3 rings (SSSR count). The quantitative estimate of drug-likeness (QED) is 0.533. The minimum absolute atomic E-state index is 0. The van der Waals surface area contributed by atoms with Crippen LogP contribution >= 0.6 is 11.3 Å². The molecule has 0 atom stereocenters. The summed E-state index contributed by atoms with van der Waals surface area (Å²) in [6.07, 6.45) is 0. The summed E-state index contributed by atoms with van der Waals surface area (Å²) < 4.78 is 4.37. The molecular formula is C10H9FN2O3S. The Hall–Kier alpha value is -1.89. The summed E-state index contributed by atoms with van der Waals surface area (Å²) in [6.45, 7) is 4.00. The molecule has 0 unspecified atom stereocenters. The fourth-order valence-corrected chi connectivity index (χ4v) is 1.94. The lowest BCUT2D eigenvalue weighted by Gasteiger charge is -1.90. The van der Waals surface area contributed by atoms with Crippen LogP contribution in [-0.4, -0.2) is 21.9 Å². The lowest BCUT2D eigenvalue weighted by atomic mass is 10.3. The van der Waals surface area contributed by atoms with Gasteiger partial charge in [-0.1, -0.05) is 13.8 Å². The SMILES string of the molecule is CC.F.O=C1OC(=O)c2nc3cscc3nc21. The minimum Gasteiger partial charge on any atom is -0.383 e. The second-order valence-corrected chi connectivity index (χ2v) is 3.48. The van der Waals surface area contributed by atoms with Crippen molar-refractivity contribution in [3.63, 3.8) is 0 Å². The van der Waals surface area contributed by atoms with Gasteiger partial charge in [0.15, 0.2) is 11.4 Å². The van der Waals surface area contributed by atoms with Crippen LogP contribution in [0.5, 0.6) is 0 Å². The smallest absolute Gasteiger partial charge is 0.367 e. The molecule has 90 valence electrons. The zero-order chi connectivity index (χ0) is 11.7. The summed E-state index contributed by atoms with van der Waals surface area (Å²) in [5, 5.41) is 3.53. The highest BCUT2D eigenvalue weighted by atomic mass is 32.1. The zero-order valence-corrected chi connectivity index (χ0v) is 9.91. The van der Waals surface area contributed by atoms with Crippen LogP contribution in [-0.2, 0) is 4.74 Å². The number of ether oxygens (including phenoxy) is 1. The Labute approximate surface area is 99.8 Å². The van der Waals surface area contributed by atoms with Crippen molar-refractivity contribution in [2.24, 2.45) is 0 Å². The average Bonchev–Trinajstić information content (AvgIpc) is 2.85. The Morgan fingerprint density at radius 1 is 1.00 bits per heavy atom. The first-order valence-corrected chi connectivity index (χ1v) is 5.70. The highest BCUT2D eigenvalue weighted by Gasteiger charge is 2.33. The standard InChI is InChI=1S/C8H2N2O3S.C2H6.FH/c11-7-5-6(8(12)13-7)10-4-2-14-1-3(4)9-5;1-2;/h1-2H;1-2H3;1H. The van der Waals surface area contributed by atoms with Gasteiger partial charge in [0.05, 0.1) is 0 Å². The molecule has 0 fully saturated rings. The molecule has 0 bridgehead atoms. The lowest BCUT2D eigenvalue weighted by molar-refractivity contribution is 0.0439. The molecular weight excluding hydrogens is 247 g/mol. The van der Waals surface area contributed by atoms with E-state index in [2.05, 4.69) is 14.7 Å². The average molecular weight is 256 g/mol. The Balaban J connectivity index is 0.000000459. The number of esters is 2. The van der Waals surface area contributed by atoms with Gasteiger partial charge >= 0.3 is 11.9 Å². The summed E-state index contributed by atoms with van der Waals surface area (Å²) in [7, 11) is 0. The number of thiophene rings is 1. The summed E-state index contributed by atoms with van der Waals surface area (Å²) in [4.78, 5) is 30.2.